The molecule has 26 heavy (non-hydrogen) atoms. The molecule has 1 N–H and O–H groups in total. The monoisotopic (exact) mass is 353 g/mol. The summed E-state index contributed by atoms with van der Waals surface area (Å²) in [6, 6.07) is 12.1. The van der Waals surface area contributed by atoms with Crippen LogP contribution in [0.5, 0.6) is 17.2 Å². The van der Waals surface area contributed by atoms with Gasteiger partial charge in [-0.1, -0.05) is 24.3 Å². The first kappa shape index (κ1) is 16.8. The number of ether oxygens (including phenoxy) is 3. The van der Waals surface area contributed by atoms with Gasteiger partial charge in [-0.15, -0.1) is 0 Å². The number of hydrogen-bond acceptors (Lipinski definition) is 4. The molecule has 5 heteroatoms. The van der Waals surface area contributed by atoms with Gasteiger partial charge >= 0.3 is 0 Å². The largest absolute Gasteiger partial charge is 0.496 e. The topological polar surface area (TPSA) is 56.8 Å². The highest BCUT2D eigenvalue weighted by Crippen LogP contribution is 2.37. The summed E-state index contributed by atoms with van der Waals surface area (Å²) in [5.74, 6) is 2.45. The Balaban J connectivity index is 1.40. The molecule has 0 fully saturated rings. The Morgan fingerprint density at radius 1 is 1.19 bits per heavy atom. The second-order valence-corrected chi connectivity index (χ2v) is 6.72. The molecule has 1 aliphatic heterocycles. The molecule has 1 atom stereocenters. The zero-order valence-electron chi connectivity index (χ0n) is 14.9. The average Bonchev–Trinajstić information content (AvgIpc) is 3.08. The predicted molar refractivity (Wildman–Crippen MR) is 98.0 cm³/mol. The molecule has 0 spiro atoms. The Morgan fingerprint density at radius 2 is 1.96 bits per heavy atom. The van der Waals surface area contributed by atoms with Crippen molar-refractivity contribution in [2.75, 3.05) is 20.3 Å². The maximum atomic E-state index is 12.5. The fourth-order valence-electron chi connectivity index (χ4n) is 3.79. The van der Waals surface area contributed by atoms with Crippen molar-refractivity contribution in [2.24, 2.45) is 0 Å². The van der Waals surface area contributed by atoms with Crippen LogP contribution in [0.25, 0.3) is 0 Å². The van der Waals surface area contributed by atoms with Crippen molar-refractivity contribution in [1.82, 2.24) is 5.32 Å². The van der Waals surface area contributed by atoms with E-state index in [1.165, 1.54) is 11.1 Å². The molecule has 4 rings (SSSR count). The van der Waals surface area contributed by atoms with Crippen LogP contribution >= 0.6 is 0 Å². The molecule has 1 aliphatic carbocycles. The lowest BCUT2D eigenvalue weighted by Crippen LogP contribution is -2.24. The van der Waals surface area contributed by atoms with E-state index in [1.54, 1.807) is 7.11 Å². The maximum Gasteiger partial charge on any atom is 0.220 e. The summed E-state index contributed by atoms with van der Waals surface area (Å²) in [6.07, 6.45) is 2.62. The summed E-state index contributed by atoms with van der Waals surface area (Å²) >= 11 is 0. The number of fused-ring (bicyclic) bond motifs is 2. The number of methoxy groups -OCH3 is 1. The molecule has 0 aromatic heterocycles. The van der Waals surface area contributed by atoms with Crippen LogP contribution in [0.15, 0.2) is 36.4 Å². The van der Waals surface area contributed by atoms with Crippen LogP contribution in [0.4, 0.5) is 0 Å². The van der Waals surface area contributed by atoms with E-state index >= 15 is 0 Å². The minimum atomic E-state index is 0.0589. The number of rotatable bonds is 5. The quantitative estimate of drug-likeness (QED) is 0.897. The second kappa shape index (κ2) is 7.28. The smallest absolute Gasteiger partial charge is 0.220 e. The van der Waals surface area contributed by atoms with Crippen molar-refractivity contribution in [3.8, 4) is 17.2 Å². The summed E-state index contributed by atoms with van der Waals surface area (Å²) in [5, 5.41) is 3.02. The lowest BCUT2D eigenvalue weighted by atomic mass is 9.97. The molecular formula is C21H23NO4. The highest BCUT2D eigenvalue weighted by Gasteiger charge is 2.24. The van der Waals surface area contributed by atoms with E-state index in [0.29, 0.717) is 49.3 Å². The molecule has 0 bridgehead atoms. The lowest BCUT2D eigenvalue weighted by Gasteiger charge is -2.21. The third kappa shape index (κ3) is 3.34. The normalized spacial score (nSPS) is 17.5. The van der Waals surface area contributed by atoms with E-state index in [2.05, 4.69) is 29.6 Å². The van der Waals surface area contributed by atoms with E-state index in [4.69, 9.17) is 14.2 Å². The highest BCUT2D eigenvalue weighted by molar-refractivity contribution is 5.77. The van der Waals surface area contributed by atoms with Crippen molar-refractivity contribution in [2.45, 2.75) is 31.7 Å². The number of hydrogen-bond donors (Lipinski definition) is 1. The van der Waals surface area contributed by atoms with Gasteiger partial charge in [0, 0.05) is 24.6 Å². The molecule has 0 saturated heterocycles. The molecule has 1 heterocycles. The molecule has 2 aliphatic rings. The van der Waals surface area contributed by atoms with Crippen molar-refractivity contribution in [1.29, 1.82) is 0 Å². The summed E-state index contributed by atoms with van der Waals surface area (Å²) in [7, 11) is 1.62. The zero-order chi connectivity index (χ0) is 17.9. The Kier molecular flexibility index (Phi) is 4.69. The Labute approximate surface area is 153 Å². The minimum absolute atomic E-state index is 0.0589. The molecule has 0 saturated carbocycles. The third-order valence-corrected chi connectivity index (χ3v) is 5.11. The van der Waals surface area contributed by atoms with Crippen LogP contribution in [0.2, 0.25) is 0 Å². The number of amides is 1. The van der Waals surface area contributed by atoms with Gasteiger partial charge in [0.25, 0.3) is 0 Å². The summed E-state index contributed by atoms with van der Waals surface area (Å²) in [5.41, 5.74) is 3.58. The Bertz CT molecular complexity index is 818. The van der Waals surface area contributed by atoms with Gasteiger partial charge in [0.15, 0.2) is 11.5 Å². The van der Waals surface area contributed by atoms with Crippen LogP contribution < -0.4 is 19.5 Å². The fraction of sp³-hybridized carbons (Fsp3) is 0.381. The van der Waals surface area contributed by atoms with Gasteiger partial charge in [-0.05, 0) is 36.0 Å². The predicted octanol–water partition coefficient (Wildman–Crippen LogP) is 3.20. The van der Waals surface area contributed by atoms with Crippen LogP contribution in [0, 0.1) is 0 Å². The number of carbonyl (C=O) groups is 1. The van der Waals surface area contributed by atoms with Gasteiger partial charge in [-0.2, -0.15) is 0 Å². The molecule has 0 unspecified atom stereocenters. The summed E-state index contributed by atoms with van der Waals surface area (Å²) in [6.45, 7) is 1.48. The first-order valence-electron chi connectivity index (χ1n) is 9.05. The van der Waals surface area contributed by atoms with Crippen LogP contribution in [0.3, 0.4) is 0 Å². The molecule has 5 nitrogen and oxygen atoms in total. The molecule has 1 amide bonds. The molecule has 2 aromatic carbocycles. The molecule has 0 radical (unpaired) electrons. The minimum Gasteiger partial charge on any atom is -0.496 e. The van der Waals surface area contributed by atoms with Crippen molar-refractivity contribution in [3.63, 3.8) is 0 Å². The van der Waals surface area contributed by atoms with Gasteiger partial charge in [0.05, 0.1) is 7.11 Å². The molecule has 2 aromatic rings. The zero-order valence-corrected chi connectivity index (χ0v) is 14.9. The first-order valence-corrected chi connectivity index (χ1v) is 9.05. The van der Waals surface area contributed by atoms with E-state index in [1.807, 2.05) is 12.1 Å². The van der Waals surface area contributed by atoms with Gasteiger partial charge in [-0.25, -0.2) is 0 Å². The standard InChI is InChI=1S/C21H23NO4/c1-24-18-12-20-19(25-8-9-26-20)10-16(18)13-22-21(23)11-15-7-6-14-4-2-3-5-17(14)15/h2-5,10,12,15H,6-9,11,13H2,1H3,(H,22,23)/t15-/m1/s1. The van der Waals surface area contributed by atoms with Gasteiger partial charge in [-0.3, -0.25) is 4.79 Å². The number of benzene rings is 2. The summed E-state index contributed by atoms with van der Waals surface area (Å²) in [4.78, 5) is 12.5. The van der Waals surface area contributed by atoms with Crippen LogP contribution in [-0.2, 0) is 17.8 Å². The van der Waals surface area contributed by atoms with Crippen LogP contribution in [-0.4, -0.2) is 26.2 Å². The van der Waals surface area contributed by atoms with Crippen molar-refractivity contribution < 1.29 is 19.0 Å². The average molecular weight is 353 g/mol. The Morgan fingerprint density at radius 3 is 2.77 bits per heavy atom. The third-order valence-electron chi connectivity index (χ3n) is 5.11. The fourth-order valence-corrected chi connectivity index (χ4v) is 3.79. The van der Waals surface area contributed by atoms with Gasteiger partial charge in [0.2, 0.25) is 5.91 Å². The number of aryl methyl sites for hydroxylation is 1. The van der Waals surface area contributed by atoms with E-state index in [9.17, 15) is 4.79 Å². The second-order valence-electron chi connectivity index (χ2n) is 6.72. The van der Waals surface area contributed by atoms with E-state index in [-0.39, 0.29) is 5.91 Å². The molecule has 136 valence electrons. The summed E-state index contributed by atoms with van der Waals surface area (Å²) < 4.78 is 16.6. The number of nitrogens with one attached hydrogen (secondary N) is 1. The van der Waals surface area contributed by atoms with E-state index < -0.39 is 0 Å². The van der Waals surface area contributed by atoms with E-state index in [0.717, 1.165) is 18.4 Å². The van der Waals surface area contributed by atoms with Crippen molar-refractivity contribution >= 4 is 5.91 Å². The van der Waals surface area contributed by atoms with Gasteiger partial charge in [0.1, 0.15) is 19.0 Å². The molecular weight excluding hydrogens is 330 g/mol. The maximum absolute atomic E-state index is 12.5. The Hall–Kier alpha value is -2.69. The first-order chi connectivity index (χ1) is 12.7. The highest BCUT2D eigenvalue weighted by atomic mass is 16.6. The van der Waals surface area contributed by atoms with Crippen molar-refractivity contribution in [3.05, 3.63) is 53.1 Å². The SMILES string of the molecule is COc1cc2c(cc1CNC(=O)C[C@H]1CCc3ccccc31)OCCO2. The van der Waals surface area contributed by atoms with Gasteiger partial charge < -0.3 is 19.5 Å². The number of carbonyl (C=O) groups excluding carboxylic acids is 1. The van der Waals surface area contributed by atoms with Crippen LogP contribution in [0.1, 0.15) is 35.4 Å². The lowest BCUT2D eigenvalue weighted by molar-refractivity contribution is -0.121.